The van der Waals surface area contributed by atoms with Crippen molar-refractivity contribution in [3.8, 4) is 17.2 Å². The Bertz CT molecular complexity index is 587. The van der Waals surface area contributed by atoms with Crippen molar-refractivity contribution in [1.82, 2.24) is 0 Å². The maximum Gasteiger partial charge on any atom is 0.258 e. The van der Waals surface area contributed by atoms with E-state index in [9.17, 15) is 20.1 Å². The van der Waals surface area contributed by atoms with Crippen LogP contribution in [0.5, 0.6) is 17.2 Å². The number of phenols is 3. The molecule has 0 aliphatic carbocycles. The van der Waals surface area contributed by atoms with Gasteiger partial charge in [-0.05, 0) is 24.3 Å². The Kier molecular flexibility index (Phi) is 3.29. The number of rotatable bonds is 2. The van der Waals surface area contributed by atoms with Gasteiger partial charge in [-0.3, -0.25) is 4.79 Å². The minimum atomic E-state index is -0.315. The van der Waals surface area contributed by atoms with E-state index in [1.54, 1.807) is 0 Å². The molecule has 0 unspecified atom stereocenters. The molecular formula is C14H13NO4. The molecule has 19 heavy (non-hydrogen) atoms. The fraction of sp³-hybridized carbons (Fsp3) is 0.0714. The molecule has 2 rings (SSSR count). The monoisotopic (exact) mass is 259 g/mol. The summed E-state index contributed by atoms with van der Waals surface area (Å²) in [6, 6.07) is 9.76. The van der Waals surface area contributed by atoms with Crippen LogP contribution in [0.3, 0.4) is 0 Å². The van der Waals surface area contributed by atoms with E-state index in [0.717, 1.165) is 0 Å². The number of aromatic hydroxyl groups is 3. The number of hydrogen-bond donors (Lipinski definition) is 3. The molecule has 2 aromatic rings. The Morgan fingerprint density at radius 1 is 0.895 bits per heavy atom. The third kappa shape index (κ3) is 2.77. The van der Waals surface area contributed by atoms with Crippen LogP contribution in [0, 0.1) is 0 Å². The summed E-state index contributed by atoms with van der Waals surface area (Å²) in [5, 5.41) is 28.0. The minimum absolute atomic E-state index is 0.0780. The zero-order valence-electron chi connectivity index (χ0n) is 10.2. The summed E-state index contributed by atoms with van der Waals surface area (Å²) in [5.41, 5.74) is 0.763. The Morgan fingerprint density at radius 2 is 1.42 bits per heavy atom. The minimum Gasteiger partial charge on any atom is -0.508 e. The zero-order valence-corrected chi connectivity index (χ0v) is 10.2. The molecule has 0 saturated heterocycles. The van der Waals surface area contributed by atoms with Crippen molar-refractivity contribution < 1.29 is 20.1 Å². The second kappa shape index (κ2) is 4.89. The molecule has 0 aliphatic heterocycles. The van der Waals surface area contributed by atoms with Crippen LogP contribution in [-0.2, 0) is 0 Å². The summed E-state index contributed by atoms with van der Waals surface area (Å²) in [6.45, 7) is 0. The van der Waals surface area contributed by atoms with Crippen LogP contribution in [0.4, 0.5) is 5.69 Å². The van der Waals surface area contributed by atoms with E-state index in [1.165, 1.54) is 54.4 Å². The Morgan fingerprint density at radius 3 is 1.95 bits per heavy atom. The summed E-state index contributed by atoms with van der Waals surface area (Å²) in [6.07, 6.45) is 0. The van der Waals surface area contributed by atoms with Gasteiger partial charge in [0.15, 0.2) is 0 Å². The van der Waals surface area contributed by atoms with E-state index < -0.39 is 0 Å². The fourth-order valence-electron chi connectivity index (χ4n) is 1.69. The van der Waals surface area contributed by atoms with Gasteiger partial charge in [-0.2, -0.15) is 0 Å². The molecule has 5 heteroatoms. The third-order valence-corrected chi connectivity index (χ3v) is 2.69. The lowest BCUT2D eigenvalue weighted by Gasteiger charge is -2.18. The molecule has 1 amide bonds. The van der Waals surface area contributed by atoms with Gasteiger partial charge in [0.25, 0.3) is 5.91 Å². The summed E-state index contributed by atoms with van der Waals surface area (Å²) in [4.78, 5) is 13.5. The topological polar surface area (TPSA) is 81.0 Å². The van der Waals surface area contributed by atoms with Crippen LogP contribution in [0.25, 0.3) is 0 Å². The van der Waals surface area contributed by atoms with Crippen molar-refractivity contribution >= 4 is 11.6 Å². The number of carbonyl (C=O) groups excluding carboxylic acids is 1. The lowest BCUT2D eigenvalue weighted by atomic mass is 10.1. The van der Waals surface area contributed by atoms with E-state index >= 15 is 0 Å². The molecule has 0 radical (unpaired) electrons. The number of amides is 1. The van der Waals surface area contributed by atoms with Crippen molar-refractivity contribution in [2.75, 3.05) is 11.9 Å². The molecule has 0 fully saturated rings. The van der Waals surface area contributed by atoms with E-state index in [1.807, 2.05) is 0 Å². The molecule has 0 bridgehead atoms. The Labute approximate surface area is 110 Å². The number of anilines is 1. The first kappa shape index (κ1) is 12.8. The highest BCUT2D eigenvalue weighted by atomic mass is 16.3. The van der Waals surface area contributed by atoms with Gasteiger partial charge in [0, 0.05) is 30.8 Å². The summed E-state index contributed by atoms with van der Waals surface area (Å²) >= 11 is 0. The van der Waals surface area contributed by atoms with Crippen molar-refractivity contribution in [3.63, 3.8) is 0 Å². The van der Waals surface area contributed by atoms with Gasteiger partial charge < -0.3 is 20.2 Å². The Balaban J connectivity index is 2.30. The molecule has 3 N–H and O–H groups in total. The van der Waals surface area contributed by atoms with Crippen molar-refractivity contribution in [3.05, 3.63) is 48.0 Å². The summed E-state index contributed by atoms with van der Waals surface area (Å²) in [7, 11) is 1.53. The van der Waals surface area contributed by atoms with E-state index in [0.29, 0.717) is 11.3 Å². The first-order valence-corrected chi connectivity index (χ1v) is 5.57. The standard InChI is InChI=1S/C14H13NO4/c1-15(10-6-12(17)8-13(18)7-10)14(19)9-2-4-11(16)5-3-9/h2-8,16-18H,1H3. The second-order valence-electron chi connectivity index (χ2n) is 4.12. The predicted octanol–water partition coefficient (Wildman–Crippen LogP) is 2.08. The van der Waals surface area contributed by atoms with Gasteiger partial charge in [-0.1, -0.05) is 0 Å². The predicted molar refractivity (Wildman–Crippen MR) is 70.6 cm³/mol. The highest BCUT2D eigenvalue weighted by Crippen LogP contribution is 2.27. The average molecular weight is 259 g/mol. The average Bonchev–Trinajstić information content (AvgIpc) is 2.37. The third-order valence-electron chi connectivity index (χ3n) is 2.69. The van der Waals surface area contributed by atoms with Gasteiger partial charge in [-0.15, -0.1) is 0 Å². The largest absolute Gasteiger partial charge is 0.508 e. The normalized spacial score (nSPS) is 10.2. The highest BCUT2D eigenvalue weighted by Gasteiger charge is 2.14. The van der Waals surface area contributed by atoms with Crippen LogP contribution in [0.15, 0.2) is 42.5 Å². The number of benzene rings is 2. The summed E-state index contributed by atoms with van der Waals surface area (Å²) < 4.78 is 0. The highest BCUT2D eigenvalue weighted by molar-refractivity contribution is 6.05. The molecule has 98 valence electrons. The van der Waals surface area contributed by atoms with E-state index in [2.05, 4.69) is 0 Å². The second-order valence-corrected chi connectivity index (χ2v) is 4.12. The molecule has 0 aromatic heterocycles. The molecule has 2 aromatic carbocycles. The molecule has 5 nitrogen and oxygen atoms in total. The SMILES string of the molecule is CN(C(=O)c1ccc(O)cc1)c1cc(O)cc(O)c1. The van der Waals surface area contributed by atoms with Gasteiger partial charge in [0.2, 0.25) is 0 Å². The lowest BCUT2D eigenvalue weighted by Crippen LogP contribution is -2.26. The van der Waals surface area contributed by atoms with Gasteiger partial charge in [0.05, 0.1) is 5.69 Å². The molecule has 0 aliphatic rings. The van der Waals surface area contributed by atoms with Gasteiger partial charge >= 0.3 is 0 Å². The van der Waals surface area contributed by atoms with Gasteiger partial charge in [-0.25, -0.2) is 0 Å². The Hall–Kier alpha value is -2.69. The number of hydrogen-bond acceptors (Lipinski definition) is 4. The van der Waals surface area contributed by atoms with Crippen molar-refractivity contribution in [2.24, 2.45) is 0 Å². The molecule has 0 atom stereocenters. The van der Waals surface area contributed by atoms with Crippen LogP contribution < -0.4 is 4.90 Å². The first-order chi connectivity index (χ1) is 8.97. The number of carbonyl (C=O) groups is 1. The van der Waals surface area contributed by atoms with E-state index in [-0.39, 0.29) is 23.2 Å². The van der Waals surface area contributed by atoms with Gasteiger partial charge in [0.1, 0.15) is 17.2 Å². The number of nitrogens with zero attached hydrogens (tertiary/aromatic N) is 1. The summed E-state index contributed by atoms with van der Waals surface area (Å²) in [5.74, 6) is -0.486. The van der Waals surface area contributed by atoms with E-state index in [4.69, 9.17) is 0 Å². The van der Waals surface area contributed by atoms with Crippen LogP contribution in [0.2, 0.25) is 0 Å². The van der Waals surface area contributed by atoms with Crippen molar-refractivity contribution in [1.29, 1.82) is 0 Å². The maximum absolute atomic E-state index is 12.2. The maximum atomic E-state index is 12.2. The number of phenolic OH excluding ortho intramolecular Hbond substituents is 3. The smallest absolute Gasteiger partial charge is 0.258 e. The molecule has 0 spiro atoms. The lowest BCUT2D eigenvalue weighted by molar-refractivity contribution is 0.0993. The quantitative estimate of drug-likeness (QED) is 0.771. The zero-order chi connectivity index (χ0) is 14.0. The first-order valence-electron chi connectivity index (χ1n) is 5.57. The van der Waals surface area contributed by atoms with Crippen molar-refractivity contribution in [2.45, 2.75) is 0 Å². The molecular weight excluding hydrogens is 246 g/mol. The fourth-order valence-corrected chi connectivity index (χ4v) is 1.69. The van der Waals surface area contributed by atoms with Crippen LogP contribution in [-0.4, -0.2) is 28.3 Å². The molecule has 0 saturated carbocycles. The molecule has 0 heterocycles. The van der Waals surface area contributed by atoms with Crippen LogP contribution in [0.1, 0.15) is 10.4 Å². The van der Waals surface area contributed by atoms with Crippen LogP contribution >= 0.6 is 0 Å².